The first kappa shape index (κ1) is 29.1. The highest BCUT2D eigenvalue weighted by molar-refractivity contribution is 7.46. The molecule has 3 aromatic rings. The molecule has 0 aromatic carbocycles. The van der Waals surface area contributed by atoms with E-state index in [9.17, 15) is 28.5 Å². The molecule has 6 rings (SSSR count). The van der Waals surface area contributed by atoms with Crippen LogP contribution in [0.5, 0.6) is 0 Å². The van der Waals surface area contributed by atoms with Gasteiger partial charge in [0, 0.05) is 12.3 Å². The monoisotopic (exact) mass is 637 g/mol. The molecule has 0 radical (unpaired) electrons. The first-order valence-electron chi connectivity index (χ1n) is 11.9. The molecule has 0 amide bonds. The van der Waals surface area contributed by atoms with E-state index in [-0.39, 0.29) is 17.0 Å². The molecule has 228 valence electrons. The first-order chi connectivity index (χ1) is 19.8. The van der Waals surface area contributed by atoms with Crippen LogP contribution in [0.2, 0.25) is 0 Å². The van der Waals surface area contributed by atoms with Crippen LogP contribution in [0.1, 0.15) is 12.5 Å². The molecule has 0 spiro atoms. The van der Waals surface area contributed by atoms with Gasteiger partial charge in [-0.05, 0) is 0 Å². The van der Waals surface area contributed by atoms with E-state index in [2.05, 4.69) is 15.0 Å². The Hall–Kier alpha value is -2.97. The zero-order valence-electron chi connectivity index (χ0n) is 20.7. The van der Waals surface area contributed by atoms with Crippen LogP contribution in [0.25, 0.3) is 11.2 Å². The van der Waals surface area contributed by atoms with Gasteiger partial charge in [-0.3, -0.25) is 28.0 Å². The average molecular weight is 637 g/mol. The summed E-state index contributed by atoms with van der Waals surface area (Å²) in [4.78, 5) is 62.7. The topological polar surface area (TPSA) is 260 Å². The Morgan fingerprint density at radius 2 is 1.60 bits per heavy atom. The molecule has 19 nitrogen and oxygen atoms in total. The van der Waals surface area contributed by atoms with E-state index in [0.29, 0.717) is 4.57 Å². The molecule has 3 saturated heterocycles. The number of nitrogens with zero attached hydrogens (tertiary/aromatic N) is 5. The summed E-state index contributed by atoms with van der Waals surface area (Å²) >= 11 is 0. The van der Waals surface area contributed by atoms with Gasteiger partial charge < -0.3 is 43.1 Å². The van der Waals surface area contributed by atoms with Gasteiger partial charge in [0.15, 0.2) is 36.3 Å². The quantitative estimate of drug-likeness (QED) is 0.293. The van der Waals surface area contributed by atoms with Crippen molar-refractivity contribution >= 4 is 32.6 Å². The fourth-order valence-corrected chi connectivity index (χ4v) is 6.57. The molecule has 0 aliphatic carbocycles. The number of alkyl halides is 2. The Morgan fingerprint density at radius 3 is 2.31 bits per heavy atom. The number of anilines is 1. The molecule has 3 aliphatic rings. The number of ether oxygens (including phenoxy) is 2. The van der Waals surface area contributed by atoms with Crippen molar-refractivity contribution in [3.63, 3.8) is 0 Å². The van der Waals surface area contributed by atoms with Crippen molar-refractivity contribution in [2.75, 3.05) is 18.9 Å². The minimum Gasteiger partial charge on any atom is -0.756 e. The summed E-state index contributed by atoms with van der Waals surface area (Å²) < 4.78 is 88.5. The minimum absolute atomic E-state index is 0.00944. The average Bonchev–Trinajstić information content (AvgIpc) is 3.57. The molecule has 2 bridgehead atoms. The number of phosphoric acid groups is 2. The Morgan fingerprint density at radius 1 is 0.929 bits per heavy atom. The number of aromatic nitrogens is 6. The van der Waals surface area contributed by atoms with E-state index >= 15 is 8.78 Å². The Balaban J connectivity index is 1.32. The van der Waals surface area contributed by atoms with Gasteiger partial charge in [0.2, 0.25) is 0 Å². The second-order valence-electron chi connectivity index (χ2n) is 9.25. The molecular weight excluding hydrogens is 618 g/mol. The summed E-state index contributed by atoms with van der Waals surface area (Å²) in [5.74, 6) is -0.0463. The van der Waals surface area contributed by atoms with Gasteiger partial charge in [-0.25, -0.2) is 28.5 Å². The van der Waals surface area contributed by atoms with Crippen molar-refractivity contribution in [1.29, 1.82) is 0 Å². The molecule has 3 aliphatic heterocycles. The number of halogens is 2. The molecule has 2 unspecified atom stereocenters. The molecule has 10 atom stereocenters. The third kappa shape index (κ3) is 5.32. The highest BCUT2D eigenvalue weighted by Crippen LogP contribution is 2.51. The minimum atomic E-state index is -5.48. The number of phosphoric ester groups is 2. The third-order valence-electron chi connectivity index (χ3n) is 6.61. The van der Waals surface area contributed by atoms with E-state index in [1.54, 1.807) is 0 Å². The van der Waals surface area contributed by atoms with Crippen LogP contribution >= 0.6 is 15.6 Å². The van der Waals surface area contributed by atoms with Gasteiger partial charge >= 0.3 is 5.69 Å². The second kappa shape index (κ2) is 10.6. The lowest BCUT2D eigenvalue weighted by atomic mass is 10.1. The number of H-pyrrole nitrogens is 1. The van der Waals surface area contributed by atoms with Crippen molar-refractivity contribution < 1.29 is 55.3 Å². The molecule has 23 heteroatoms. The fraction of sp³-hybridized carbons (Fsp3) is 0.526. The molecule has 3 fully saturated rings. The van der Waals surface area contributed by atoms with Gasteiger partial charge in [0.1, 0.15) is 36.3 Å². The van der Waals surface area contributed by atoms with Crippen LogP contribution in [0.4, 0.5) is 14.6 Å². The summed E-state index contributed by atoms with van der Waals surface area (Å²) in [6, 6.07) is 0.869. The SMILES string of the molecule is Nc1ncnc2c1ncn2[C@@H]1O[C@@H]2COP(=O)([O-])O[C@H]3[C@@H](F)[C@H](n4ccc(=O)[nH]c4=O)O[C@@H]3COP(=O)([O-])O[C@@H]1[C@@H]2F. The number of nitrogens with two attached hydrogens (primary N) is 1. The number of fused-ring (bicyclic) bond motifs is 4. The summed E-state index contributed by atoms with van der Waals surface area (Å²) in [7, 11) is -11.0. The largest absolute Gasteiger partial charge is 0.756 e. The zero-order valence-corrected chi connectivity index (χ0v) is 22.5. The summed E-state index contributed by atoms with van der Waals surface area (Å²) in [5.41, 5.74) is 3.93. The Bertz CT molecular complexity index is 1720. The van der Waals surface area contributed by atoms with Crippen LogP contribution in [0, 0.1) is 0 Å². The maximum Gasteiger partial charge on any atom is 0.330 e. The molecule has 42 heavy (non-hydrogen) atoms. The van der Waals surface area contributed by atoms with Crippen molar-refractivity contribution in [3.8, 4) is 0 Å². The summed E-state index contributed by atoms with van der Waals surface area (Å²) in [6.45, 7) is -2.15. The number of nitrogens with one attached hydrogen (secondary N) is 1. The third-order valence-corrected chi connectivity index (χ3v) is 8.55. The second-order valence-corrected chi connectivity index (χ2v) is 12.0. The van der Waals surface area contributed by atoms with Crippen molar-refractivity contribution in [2.45, 2.75) is 49.2 Å². The van der Waals surface area contributed by atoms with Crippen molar-refractivity contribution in [2.24, 2.45) is 0 Å². The maximum absolute atomic E-state index is 15.5. The van der Waals surface area contributed by atoms with Crippen LogP contribution < -0.4 is 26.8 Å². The van der Waals surface area contributed by atoms with Gasteiger partial charge in [-0.1, -0.05) is 0 Å². The van der Waals surface area contributed by atoms with Gasteiger partial charge in [0.05, 0.1) is 19.5 Å². The normalized spacial score (nSPS) is 39.3. The van der Waals surface area contributed by atoms with Crippen molar-refractivity contribution in [3.05, 3.63) is 45.8 Å². The van der Waals surface area contributed by atoms with E-state index in [1.807, 2.05) is 4.98 Å². The lowest BCUT2D eigenvalue weighted by molar-refractivity contribution is -0.240. The van der Waals surface area contributed by atoms with Crippen molar-refractivity contribution in [1.82, 2.24) is 29.1 Å². The fourth-order valence-electron chi connectivity index (χ4n) is 4.72. The molecule has 6 heterocycles. The zero-order chi connectivity index (χ0) is 30.0. The highest BCUT2D eigenvalue weighted by atomic mass is 31.2. The van der Waals surface area contributed by atoms with Gasteiger partial charge in [-0.2, -0.15) is 0 Å². The van der Waals surface area contributed by atoms with Crippen LogP contribution in [0.15, 0.2) is 34.5 Å². The lowest BCUT2D eigenvalue weighted by Crippen LogP contribution is -2.37. The summed E-state index contributed by atoms with van der Waals surface area (Å²) in [5, 5.41) is 0. The molecule has 3 N–H and O–H groups in total. The number of nitrogen functional groups attached to an aromatic ring is 1. The molecular formula is C19H19F2N7O12P2-2. The van der Waals surface area contributed by atoms with Crippen LogP contribution in [-0.2, 0) is 36.7 Å². The van der Waals surface area contributed by atoms with E-state index in [1.165, 1.54) is 0 Å². The standard InChI is InChI=1S/C19H21F2N7O12P2/c20-10-7-3-35-41(31,32)39-13-8(38-17(11(13)21)27-2-1-9(29)26-19(27)30)4-36-42(33,34)40-14(10)18(37-7)28-6-25-12-15(22)23-5-24-16(12)28/h1-2,5-8,10-11,13-14,17-18H,3-4H2,(H,31,32)(H,33,34)(H2,22,23,24)(H,26,29,30)/p-2/t7-,8-,10-,11-,13-,14-,17-,18-/m1/s1. The molecule has 0 saturated carbocycles. The van der Waals surface area contributed by atoms with Gasteiger partial charge in [-0.15, -0.1) is 0 Å². The number of hydrogen-bond acceptors (Lipinski definition) is 16. The predicted octanol–water partition coefficient (Wildman–Crippen LogP) is -1.82. The Kier molecular flexibility index (Phi) is 7.37. The van der Waals surface area contributed by atoms with Crippen LogP contribution in [0.3, 0.4) is 0 Å². The lowest BCUT2D eigenvalue weighted by Gasteiger charge is -2.31. The van der Waals surface area contributed by atoms with E-state index in [4.69, 9.17) is 33.3 Å². The maximum atomic E-state index is 15.5. The number of rotatable bonds is 2. The Labute approximate surface area is 231 Å². The van der Waals surface area contributed by atoms with Gasteiger partial charge in [0.25, 0.3) is 21.2 Å². The number of hydrogen-bond donors (Lipinski definition) is 2. The number of aromatic amines is 1. The summed E-state index contributed by atoms with van der Waals surface area (Å²) in [6.07, 6.45) is -12.8. The predicted molar refractivity (Wildman–Crippen MR) is 126 cm³/mol. The van der Waals surface area contributed by atoms with E-state index in [0.717, 1.165) is 29.5 Å². The van der Waals surface area contributed by atoms with E-state index < -0.39 is 89.3 Å². The smallest absolute Gasteiger partial charge is 0.330 e. The van der Waals surface area contributed by atoms with Crippen LogP contribution in [-0.4, -0.2) is 79.0 Å². The first-order valence-corrected chi connectivity index (χ1v) is 14.9. The number of imidazole rings is 1. The molecule has 3 aromatic heterocycles. The highest BCUT2D eigenvalue weighted by Gasteiger charge is 2.52.